The van der Waals surface area contributed by atoms with Gasteiger partial charge in [0.2, 0.25) is 0 Å². The largest absolute Gasteiger partial charge is 0.383 e. The average molecular weight is 308 g/mol. The molecule has 0 radical (unpaired) electrons. The standard InChI is InChI=1S/C18H14ClN3/c1-11-5-2-3-6-12(11)16-17(20)22-10-9-13-14(18(22)21-16)7-4-8-15(13)19/h2-10H,20H2,1H3. The predicted molar refractivity (Wildman–Crippen MR) is 92.3 cm³/mol. The smallest absolute Gasteiger partial charge is 0.147 e. The number of rotatable bonds is 1. The number of imidazole rings is 1. The van der Waals surface area contributed by atoms with E-state index in [0.717, 1.165) is 38.3 Å². The Morgan fingerprint density at radius 1 is 1.00 bits per heavy atom. The molecule has 0 amide bonds. The van der Waals surface area contributed by atoms with Gasteiger partial charge in [-0.3, -0.25) is 4.40 Å². The fourth-order valence-electron chi connectivity index (χ4n) is 2.87. The minimum Gasteiger partial charge on any atom is -0.383 e. The monoisotopic (exact) mass is 307 g/mol. The van der Waals surface area contributed by atoms with E-state index in [9.17, 15) is 0 Å². The van der Waals surface area contributed by atoms with Crippen LogP contribution in [0.5, 0.6) is 0 Å². The normalized spacial score (nSPS) is 11.4. The number of fused-ring (bicyclic) bond motifs is 3. The van der Waals surface area contributed by atoms with Crippen LogP contribution < -0.4 is 5.73 Å². The maximum absolute atomic E-state index is 6.34. The lowest BCUT2D eigenvalue weighted by molar-refractivity contribution is 1.21. The van der Waals surface area contributed by atoms with Gasteiger partial charge in [0, 0.05) is 27.6 Å². The van der Waals surface area contributed by atoms with E-state index in [1.807, 2.05) is 53.1 Å². The summed E-state index contributed by atoms with van der Waals surface area (Å²) in [4.78, 5) is 4.79. The summed E-state index contributed by atoms with van der Waals surface area (Å²) in [5.74, 6) is 0.645. The molecule has 0 fully saturated rings. The summed E-state index contributed by atoms with van der Waals surface area (Å²) < 4.78 is 1.92. The van der Waals surface area contributed by atoms with Gasteiger partial charge in [0.25, 0.3) is 0 Å². The Labute approximate surface area is 133 Å². The SMILES string of the molecule is Cc1ccccc1-c1nc2c3cccc(Cl)c3ccn2c1N. The molecule has 0 unspecified atom stereocenters. The zero-order valence-electron chi connectivity index (χ0n) is 12.0. The lowest BCUT2D eigenvalue weighted by Crippen LogP contribution is -1.95. The minimum absolute atomic E-state index is 0.645. The average Bonchev–Trinajstić information content (AvgIpc) is 2.86. The third-order valence-corrected chi connectivity index (χ3v) is 4.36. The molecule has 22 heavy (non-hydrogen) atoms. The molecule has 0 aliphatic carbocycles. The number of halogens is 1. The molecule has 0 atom stereocenters. The van der Waals surface area contributed by atoms with Crippen molar-refractivity contribution in [2.24, 2.45) is 0 Å². The molecule has 4 rings (SSSR count). The second-order valence-corrected chi connectivity index (χ2v) is 5.78. The van der Waals surface area contributed by atoms with E-state index < -0.39 is 0 Å². The van der Waals surface area contributed by atoms with Crippen molar-refractivity contribution in [3.05, 3.63) is 65.3 Å². The summed E-state index contributed by atoms with van der Waals surface area (Å²) in [5.41, 5.74) is 10.2. The molecule has 0 saturated carbocycles. The number of hydrogen-bond acceptors (Lipinski definition) is 2. The van der Waals surface area contributed by atoms with Gasteiger partial charge in [0.15, 0.2) is 0 Å². The van der Waals surface area contributed by atoms with Crippen LogP contribution in [-0.2, 0) is 0 Å². The molecule has 0 bridgehead atoms. The van der Waals surface area contributed by atoms with Crippen molar-refractivity contribution in [3.63, 3.8) is 0 Å². The fourth-order valence-corrected chi connectivity index (χ4v) is 3.11. The maximum atomic E-state index is 6.34. The van der Waals surface area contributed by atoms with E-state index in [1.165, 1.54) is 0 Å². The first kappa shape index (κ1) is 13.2. The van der Waals surface area contributed by atoms with Crippen molar-refractivity contribution in [3.8, 4) is 11.3 Å². The number of aryl methyl sites for hydroxylation is 1. The molecule has 2 aromatic carbocycles. The number of pyridine rings is 1. The number of benzene rings is 2. The molecule has 108 valence electrons. The van der Waals surface area contributed by atoms with Crippen LogP contribution in [0.3, 0.4) is 0 Å². The Morgan fingerprint density at radius 3 is 2.64 bits per heavy atom. The minimum atomic E-state index is 0.645. The molecule has 2 aromatic heterocycles. The van der Waals surface area contributed by atoms with E-state index in [-0.39, 0.29) is 0 Å². The summed E-state index contributed by atoms with van der Waals surface area (Å²) in [6.07, 6.45) is 1.92. The zero-order chi connectivity index (χ0) is 15.3. The Hall–Kier alpha value is -2.52. The van der Waals surface area contributed by atoms with Crippen molar-refractivity contribution >= 4 is 33.8 Å². The highest BCUT2D eigenvalue weighted by molar-refractivity contribution is 6.36. The molecule has 3 nitrogen and oxygen atoms in total. The number of anilines is 1. The second-order valence-electron chi connectivity index (χ2n) is 5.37. The number of nitrogen functional groups attached to an aromatic ring is 1. The van der Waals surface area contributed by atoms with Crippen LogP contribution in [-0.4, -0.2) is 9.38 Å². The molecule has 2 heterocycles. The summed E-state index contributed by atoms with van der Waals surface area (Å²) in [7, 11) is 0. The number of nitrogens with two attached hydrogens (primary N) is 1. The molecule has 0 aliphatic heterocycles. The van der Waals surface area contributed by atoms with Crippen molar-refractivity contribution in [2.75, 3.05) is 5.73 Å². The molecule has 0 saturated heterocycles. The van der Waals surface area contributed by atoms with Gasteiger partial charge in [-0.25, -0.2) is 4.98 Å². The maximum Gasteiger partial charge on any atom is 0.147 e. The van der Waals surface area contributed by atoms with Crippen LogP contribution in [0.4, 0.5) is 5.82 Å². The molecule has 0 spiro atoms. The molecular weight excluding hydrogens is 294 g/mol. The topological polar surface area (TPSA) is 43.3 Å². The number of nitrogens with zero attached hydrogens (tertiary/aromatic N) is 2. The molecular formula is C18H14ClN3. The molecule has 0 aliphatic rings. The Bertz CT molecular complexity index is 1020. The first-order valence-electron chi connectivity index (χ1n) is 7.07. The van der Waals surface area contributed by atoms with Crippen molar-refractivity contribution in [2.45, 2.75) is 6.92 Å². The second kappa shape index (κ2) is 4.75. The summed E-state index contributed by atoms with van der Waals surface area (Å²) in [6, 6.07) is 15.9. The highest BCUT2D eigenvalue weighted by atomic mass is 35.5. The van der Waals surface area contributed by atoms with Gasteiger partial charge in [0.1, 0.15) is 17.2 Å². The highest BCUT2D eigenvalue weighted by Gasteiger charge is 2.15. The first-order valence-corrected chi connectivity index (χ1v) is 7.45. The zero-order valence-corrected chi connectivity index (χ0v) is 12.8. The third-order valence-electron chi connectivity index (χ3n) is 4.03. The highest BCUT2D eigenvalue weighted by Crippen LogP contribution is 2.33. The van der Waals surface area contributed by atoms with Gasteiger partial charge >= 0.3 is 0 Å². The van der Waals surface area contributed by atoms with Crippen LogP contribution in [0.2, 0.25) is 5.02 Å². The number of aromatic nitrogens is 2. The van der Waals surface area contributed by atoms with E-state index in [4.69, 9.17) is 22.3 Å². The summed E-state index contributed by atoms with van der Waals surface area (Å²) in [5, 5.41) is 2.71. The molecule has 4 heteroatoms. The van der Waals surface area contributed by atoms with Gasteiger partial charge in [-0.2, -0.15) is 0 Å². The van der Waals surface area contributed by atoms with Crippen LogP contribution in [0.15, 0.2) is 54.7 Å². The molecule has 2 N–H and O–H groups in total. The predicted octanol–water partition coefficient (Wildman–Crippen LogP) is 4.70. The van der Waals surface area contributed by atoms with Crippen molar-refractivity contribution < 1.29 is 0 Å². The van der Waals surface area contributed by atoms with Crippen LogP contribution in [0, 0.1) is 6.92 Å². The van der Waals surface area contributed by atoms with Gasteiger partial charge in [-0.05, 0) is 24.6 Å². The summed E-state index contributed by atoms with van der Waals surface area (Å²) >= 11 is 6.28. The van der Waals surface area contributed by atoms with Gasteiger partial charge in [-0.15, -0.1) is 0 Å². The Kier molecular flexibility index (Phi) is 2.84. The molecule has 4 aromatic rings. The Balaban J connectivity index is 2.11. The van der Waals surface area contributed by atoms with Crippen LogP contribution in [0.25, 0.3) is 27.7 Å². The first-order chi connectivity index (χ1) is 10.7. The summed E-state index contributed by atoms with van der Waals surface area (Å²) in [6.45, 7) is 2.06. The number of hydrogen-bond donors (Lipinski definition) is 1. The van der Waals surface area contributed by atoms with Crippen molar-refractivity contribution in [1.82, 2.24) is 9.38 Å². The van der Waals surface area contributed by atoms with Gasteiger partial charge in [0.05, 0.1) is 0 Å². The Morgan fingerprint density at radius 2 is 1.82 bits per heavy atom. The van der Waals surface area contributed by atoms with E-state index in [2.05, 4.69) is 13.0 Å². The fraction of sp³-hybridized carbons (Fsp3) is 0.0556. The van der Waals surface area contributed by atoms with E-state index in [0.29, 0.717) is 5.82 Å². The van der Waals surface area contributed by atoms with Crippen molar-refractivity contribution in [1.29, 1.82) is 0 Å². The lowest BCUT2D eigenvalue weighted by Gasteiger charge is -2.03. The third kappa shape index (κ3) is 1.79. The quantitative estimate of drug-likeness (QED) is 0.554. The van der Waals surface area contributed by atoms with Gasteiger partial charge < -0.3 is 5.73 Å². The van der Waals surface area contributed by atoms with E-state index >= 15 is 0 Å². The van der Waals surface area contributed by atoms with E-state index in [1.54, 1.807) is 0 Å². The van der Waals surface area contributed by atoms with Gasteiger partial charge in [-0.1, -0.05) is 48.0 Å². The van der Waals surface area contributed by atoms with Crippen LogP contribution in [0.1, 0.15) is 5.56 Å². The lowest BCUT2D eigenvalue weighted by atomic mass is 10.1. The van der Waals surface area contributed by atoms with Crippen LogP contribution >= 0.6 is 11.6 Å².